The van der Waals surface area contributed by atoms with Gasteiger partial charge in [-0.25, -0.2) is 0 Å². The van der Waals surface area contributed by atoms with Crippen molar-refractivity contribution in [2.75, 3.05) is 5.32 Å². The normalized spacial score (nSPS) is 10.2. The van der Waals surface area contributed by atoms with Crippen LogP contribution < -0.4 is 5.32 Å². The van der Waals surface area contributed by atoms with E-state index in [0.29, 0.717) is 17.0 Å². The molecular formula is C15H15NO3S. The van der Waals surface area contributed by atoms with Crippen LogP contribution in [0.3, 0.4) is 0 Å². The van der Waals surface area contributed by atoms with Crippen LogP contribution in [0.4, 0.5) is 5.69 Å². The fourth-order valence-electron chi connectivity index (χ4n) is 1.84. The summed E-state index contributed by atoms with van der Waals surface area (Å²) in [5.74, 6) is -1.01. The van der Waals surface area contributed by atoms with Gasteiger partial charge in [-0.3, -0.25) is 9.59 Å². The highest BCUT2D eigenvalue weighted by Gasteiger charge is 2.11. The summed E-state index contributed by atoms with van der Waals surface area (Å²) < 4.78 is 0. The highest BCUT2D eigenvalue weighted by Crippen LogP contribution is 2.20. The number of amides is 1. The highest BCUT2D eigenvalue weighted by molar-refractivity contribution is 7.14. The second-order valence-corrected chi connectivity index (χ2v) is 5.70. The van der Waals surface area contributed by atoms with E-state index in [1.807, 2.05) is 31.2 Å². The number of carbonyl (C=O) groups is 2. The number of anilines is 1. The summed E-state index contributed by atoms with van der Waals surface area (Å²) in [5, 5.41) is 11.6. The monoisotopic (exact) mass is 289 g/mol. The number of hydrogen-bond donors (Lipinski definition) is 2. The van der Waals surface area contributed by atoms with E-state index >= 15 is 0 Å². The van der Waals surface area contributed by atoms with Gasteiger partial charge in [0.05, 0.1) is 4.88 Å². The summed E-state index contributed by atoms with van der Waals surface area (Å²) in [6, 6.07) is 11.0. The maximum atomic E-state index is 12.1. The van der Waals surface area contributed by atoms with Crippen LogP contribution in [-0.2, 0) is 11.2 Å². The Labute approximate surface area is 121 Å². The first-order valence-electron chi connectivity index (χ1n) is 6.24. The molecule has 2 rings (SSSR count). The molecule has 0 atom stereocenters. The molecule has 0 saturated carbocycles. The molecule has 0 radical (unpaired) electrons. The van der Waals surface area contributed by atoms with Crippen molar-refractivity contribution in [3.8, 4) is 0 Å². The molecule has 1 aromatic carbocycles. The Morgan fingerprint density at radius 1 is 1.20 bits per heavy atom. The summed E-state index contributed by atoms with van der Waals surface area (Å²) in [6.45, 7) is 1.95. The van der Waals surface area contributed by atoms with E-state index in [1.54, 1.807) is 12.1 Å². The zero-order valence-corrected chi connectivity index (χ0v) is 11.9. The zero-order valence-electron chi connectivity index (χ0n) is 11.1. The minimum absolute atomic E-state index is 0.0466. The van der Waals surface area contributed by atoms with Crippen molar-refractivity contribution in [2.24, 2.45) is 0 Å². The smallest absolute Gasteiger partial charge is 0.303 e. The molecule has 0 aliphatic rings. The summed E-state index contributed by atoms with van der Waals surface area (Å²) in [4.78, 5) is 24.5. The molecule has 2 N–H and O–H groups in total. The van der Waals surface area contributed by atoms with Gasteiger partial charge in [-0.05, 0) is 37.1 Å². The Morgan fingerprint density at radius 2 is 1.95 bits per heavy atom. The number of thiophene rings is 1. The molecule has 0 unspecified atom stereocenters. The fourth-order valence-corrected chi connectivity index (χ4v) is 2.61. The molecule has 5 heteroatoms. The Hall–Kier alpha value is -2.14. The molecule has 0 bridgehead atoms. The average molecular weight is 289 g/mol. The van der Waals surface area contributed by atoms with Gasteiger partial charge in [-0.15, -0.1) is 11.3 Å². The third-order valence-electron chi connectivity index (χ3n) is 2.84. The van der Waals surface area contributed by atoms with Crippen LogP contribution in [0.2, 0.25) is 0 Å². The molecule has 0 aliphatic carbocycles. The van der Waals surface area contributed by atoms with Crippen molar-refractivity contribution >= 4 is 28.9 Å². The largest absolute Gasteiger partial charge is 0.481 e. The minimum atomic E-state index is -0.847. The molecule has 2 aromatic rings. The number of carbonyl (C=O) groups excluding carboxylic acids is 1. The molecule has 0 saturated heterocycles. The number of rotatable bonds is 5. The summed E-state index contributed by atoms with van der Waals surface area (Å²) in [6.07, 6.45) is 0.445. The van der Waals surface area contributed by atoms with Gasteiger partial charge in [0.15, 0.2) is 0 Å². The quantitative estimate of drug-likeness (QED) is 0.887. The number of carboxylic acid groups (broad SMARTS) is 1. The van der Waals surface area contributed by atoms with E-state index in [1.165, 1.54) is 11.3 Å². The Morgan fingerprint density at radius 3 is 2.60 bits per heavy atom. The number of para-hydroxylation sites is 1. The molecule has 1 amide bonds. The molecular weight excluding hydrogens is 274 g/mol. The Kier molecular flexibility index (Phi) is 4.53. The summed E-state index contributed by atoms with van der Waals surface area (Å²) in [7, 11) is 0. The first-order valence-corrected chi connectivity index (χ1v) is 7.05. The van der Waals surface area contributed by atoms with E-state index in [-0.39, 0.29) is 12.3 Å². The Balaban J connectivity index is 2.12. The van der Waals surface area contributed by atoms with E-state index < -0.39 is 5.97 Å². The second kappa shape index (κ2) is 6.34. The Bertz CT molecular complexity index is 634. The lowest BCUT2D eigenvalue weighted by Crippen LogP contribution is -2.12. The van der Waals surface area contributed by atoms with Crippen molar-refractivity contribution in [2.45, 2.75) is 19.8 Å². The number of nitrogens with one attached hydrogen (secondary N) is 1. The summed E-state index contributed by atoms with van der Waals surface area (Å²) >= 11 is 1.43. The number of hydrogen-bond acceptors (Lipinski definition) is 3. The van der Waals surface area contributed by atoms with Crippen LogP contribution in [0.5, 0.6) is 0 Å². The van der Waals surface area contributed by atoms with Crippen LogP contribution in [0.25, 0.3) is 0 Å². The number of aryl methyl sites for hydroxylation is 2. The van der Waals surface area contributed by atoms with Gasteiger partial charge in [-0.1, -0.05) is 18.2 Å². The van der Waals surface area contributed by atoms with Crippen LogP contribution in [0.1, 0.15) is 26.5 Å². The predicted octanol–water partition coefficient (Wildman–Crippen LogP) is 3.33. The third kappa shape index (κ3) is 3.68. The van der Waals surface area contributed by atoms with Crippen LogP contribution >= 0.6 is 11.3 Å². The molecule has 104 valence electrons. The second-order valence-electron chi connectivity index (χ2n) is 4.42. The van der Waals surface area contributed by atoms with Crippen molar-refractivity contribution in [3.05, 3.63) is 51.7 Å². The first kappa shape index (κ1) is 14.3. The van der Waals surface area contributed by atoms with Crippen LogP contribution in [-0.4, -0.2) is 17.0 Å². The maximum absolute atomic E-state index is 12.1. The molecule has 4 nitrogen and oxygen atoms in total. The average Bonchev–Trinajstić information content (AvgIpc) is 2.84. The van der Waals surface area contributed by atoms with Crippen LogP contribution in [0.15, 0.2) is 36.4 Å². The molecule has 1 aromatic heterocycles. The lowest BCUT2D eigenvalue weighted by molar-refractivity contribution is -0.136. The van der Waals surface area contributed by atoms with Crippen molar-refractivity contribution in [1.29, 1.82) is 0 Å². The van der Waals surface area contributed by atoms with Gasteiger partial charge >= 0.3 is 5.97 Å². The van der Waals surface area contributed by atoms with Gasteiger partial charge in [0, 0.05) is 17.0 Å². The number of benzene rings is 1. The number of carboxylic acids is 1. The summed E-state index contributed by atoms with van der Waals surface area (Å²) in [5.41, 5.74) is 1.50. The van der Waals surface area contributed by atoms with Crippen molar-refractivity contribution in [3.63, 3.8) is 0 Å². The van der Waals surface area contributed by atoms with Gasteiger partial charge in [0.1, 0.15) is 0 Å². The molecule has 0 aliphatic heterocycles. The molecule has 0 spiro atoms. The lowest BCUT2D eigenvalue weighted by atomic mass is 10.1. The SMILES string of the molecule is Cc1ccc(C(=O)Nc2ccccc2CCC(=O)O)s1. The standard InChI is InChI=1S/C15H15NO3S/c1-10-6-8-13(20-10)15(19)16-12-5-3-2-4-11(12)7-9-14(17)18/h2-6,8H,7,9H2,1H3,(H,16,19)(H,17,18). The van der Waals surface area contributed by atoms with E-state index in [9.17, 15) is 9.59 Å². The zero-order chi connectivity index (χ0) is 14.5. The first-order chi connectivity index (χ1) is 9.56. The molecule has 0 fully saturated rings. The molecule has 1 heterocycles. The highest BCUT2D eigenvalue weighted by atomic mass is 32.1. The minimum Gasteiger partial charge on any atom is -0.481 e. The lowest BCUT2D eigenvalue weighted by Gasteiger charge is -2.09. The van der Waals surface area contributed by atoms with Gasteiger partial charge in [0.25, 0.3) is 5.91 Å². The topological polar surface area (TPSA) is 66.4 Å². The van der Waals surface area contributed by atoms with Crippen molar-refractivity contribution in [1.82, 2.24) is 0 Å². The van der Waals surface area contributed by atoms with Crippen LogP contribution in [0, 0.1) is 6.92 Å². The van der Waals surface area contributed by atoms with Gasteiger partial charge in [0.2, 0.25) is 0 Å². The van der Waals surface area contributed by atoms with Gasteiger partial charge in [-0.2, -0.15) is 0 Å². The maximum Gasteiger partial charge on any atom is 0.303 e. The van der Waals surface area contributed by atoms with E-state index in [2.05, 4.69) is 5.32 Å². The molecule has 20 heavy (non-hydrogen) atoms. The predicted molar refractivity (Wildman–Crippen MR) is 79.4 cm³/mol. The van der Waals surface area contributed by atoms with Crippen molar-refractivity contribution < 1.29 is 14.7 Å². The van der Waals surface area contributed by atoms with E-state index in [0.717, 1.165) is 10.4 Å². The van der Waals surface area contributed by atoms with E-state index in [4.69, 9.17) is 5.11 Å². The fraction of sp³-hybridized carbons (Fsp3) is 0.200. The van der Waals surface area contributed by atoms with Gasteiger partial charge < -0.3 is 10.4 Å². The number of aliphatic carboxylic acids is 1. The third-order valence-corrected chi connectivity index (χ3v) is 3.84.